The van der Waals surface area contributed by atoms with Gasteiger partial charge in [0.15, 0.2) is 0 Å². The van der Waals surface area contributed by atoms with Gasteiger partial charge in [0.25, 0.3) is 0 Å². The molecule has 0 aromatic heterocycles. The molecule has 1 aliphatic heterocycles. The highest BCUT2D eigenvalue weighted by molar-refractivity contribution is 5.69. The fourth-order valence-electron chi connectivity index (χ4n) is 2.40. The van der Waals surface area contributed by atoms with Crippen molar-refractivity contribution in [3.05, 3.63) is 10.1 Å². The molecule has 1 heterocycles. The minimum absolute atomic E-state index is 0.00346. The van der Waals surface area contributed by atoms with Crippen molar-refractivity contribution < 1.29 is 23.6 Å². The van der Waals surface area contributed by atoms with Gasteiger partial charge in [0, 0.05) is 17.8 Å². The van der Waals surface area contributed by atoms with Gasteiger partial charge in [-0.1, -0.05) is 0 Å². The van der Waals surface area contributed by atoms with Crippen molar-refractivity contribution in [2.75, 3.05) is 13.2 Å². The van der Waals surface area contributed by atoms with E-state index in [4.69, 9.17) is 9.47 Å². The standard InChI is InChI=1S/C14H25FN2O5/c1-13(2,3)22-12(18)17-11(9-21-14(17,4)5)8-10(15)6-7-16(19)20/h10-11H,6-9H2,1-5H3/t10-,11+/m1/s1. The van der Waals surface area contributed by atoms with Gasteiger partial charge in [-0.05, 0) is 34.6 Å². The number of carbonyl (C=O) groups is 1. The zero-order valence-corrected chi connectivity index (χ0v) is 13.8. The second-order valence-corrected chi connectivity index (χ2v) is 6.94. The number of amides is 1. The van der Waals surface area contributed by atoms with Gasteiger partial charge in [-0.3, -0.25) is 15.0 Å². The summed E-state index contributed by atoms with van der Waals surface area (Å²) in [4.78, 5) is 23.5. The highest BCUT2D eigenvalue weighted by Crippen LogP contribution is 2.32. The van der Waals surface area contributed by atoms with E-state index in [1.54, 1.807) is 34.6 Å². The second-order valence-electron chi connectivity index (χ2n) is 6.94. The molecule has 0 unspecified atom stereocenters. The average molecular weight is 320 g/mol. The van der Waals surface area contributed by atoms with E-state index in [0.717, 1.165) is 0 Å². The number of nitro groups is 1. The predicted octanol–water partition coefficient (Wildman–Crippen LogP) is 2.75. The molecule has 0 bridgehead atoms. The Bertz CT molecular complexity index is 422. The van der Waals surface area contributed by atoms with Crippen molar-refractivity contribution in [3.8, 4) is 0 Å². The Hall–Kier alpha value is -1.44. The van der Waals surface area contributed by atoms with Gasteiger partial charge in [0.1, 0.15) is 17.5 Å². The molecule has 8 heteroatoms. The summed E-state index contributed by atoms with van der Waals surface area (Å²) in [5.74, 6) is 0. The van der Waals surface area contributed by atoms with Gasteiger partial charge in [-0.2, -0.15) is 0 Å². The molecule has 0 spiro atoms. The van der Waals surface area contributed by atoms with E-state index in [1.807, 2.05) is 0 Å². The molecule has 0 aromatic rings. The first-order valence-corrected chi connectivity index (χ1v) is 7.34. The minimum Gasteiger partial charge on any atom is -0.444 e. The Morgan fingerprint density at radius 1 is 1.55 bits per heavy atom. The van der Waals surface area contributed by atoms with Crippen molar-refractivity contribution >= 4 is 6.09 Å². The van der Waals surface area contributed by atoms with Gasteiger partial charge >= 0.3 is 6.09 Å². The fourth-order valence-corrected chi connectivity index (χ4v) is 2.40. The van der Waals surface area contributed by atoms with Crippen LogP contribution >= 0.6 is 0 Å². The maximum absolute atomic E-state index is 13.9. The lowest BCUT2D eigenvalue weighted by molar-refractivity contribution is -0.481. The maximum atomic E-state index is 13.9. The van der Waals surface area contributed by atoms with Crippen LogP contribution < -0.4 is 0 Å². The van der Waals surface area contributed by atoms with Gasteiger partial charge in [0.2, 0.25) is 6.54 Å². The second kappa shape index (κ2) is 6.76. The third kappa shape index (κ3) is 5.40. The Morgan fingerprint density at radius 3 is 2.64 bits per heavy atom. The first-order valence-electron chi connectivity index (χ1n) is 7.34. The van der Waals surface area contributed by atoms with E-state index >= 15 is 0 Å². The summed E-state index contributed by atoms with van der Waals surface area (Å²) in [6.07, 6.45) is -2.11. The summed E-state index contributed by atoms with van der Waals surface area (Å²) in [5.41, 5.74) is -1.56. The van der Waals surface area contributed by atoms with Crippen molar-refractivity contribution in [1.82, 2.24) is 4.90 Å². The minimum atomic E-state index is -1.36. The molecule has 128 valence electrons. The summed E-state index contributed by atoms with van der Waals surface area (Å²) in [5, 5.41) is 10.3. The molecule has 2 atom stereocenters. The van der Waals surface area contributed by atoms with Crippen LogP contribution in [0.1, 0.15) is 47.5 Å². The predicted molar refractivity (Wildman–Crippen MR) is 77.9 cm³/mol. The van der Waals surface area contributed by atoms with Crippen molar-refractivity contribution in [2.45, 2.75) is 71.0 Å². The number of nitrogens with zero attached hydrogens (tertiary/aromatic N) is 2. The van der Waals surface area contributed by atoms with E-state index in [0.29, 0.717) is 0 Å². The molecule has 0 radical (unpaired) electrons. The Labute approximate surface area is 129 Å². The summed E-state index contributed by atoms with van der Waals surface area (Å²) in [6.45, 7) is 8.43. The van der Waals surface area contributed by atoms with E-state index in [1.165, 1.54) is 4.90 Å². The van der Waals surface area contributed by atoms with Crippen LogP contribution in [0.25, 0.3) is 0 Å². The molecular formula is C14H25FN2O5. The average Bonchev–Trinajstić information content (AvgIpc) is 2.59. The fraction of sp³-hybridized carbons (Fsp3) is 0.929. The largest absolute Gasteiger partial charge is 0.444 e. The highest BCUT2D eigenvalue weighted by atomic mass is 19.1. The monoisotopic (exact) mass is 320 g/mol. The zero-order valence-electron chi connectivity index (χ0n) is 13.8. The Morgan fingerprint density at radius 2 is 2.14 bits per heavy atom. The number of ether oxygens (including phenoxy) is 2. The van der Waals surface area contributed by atoms with E-state index in [2.05, 4.69) is 0 Å². The van der Waals surface area contributed by atoms with Crippen LogP contribution in [-0.2, 0) is 9.47 Å². The van der Waals surface area contributed by atoms with E-state index in [9.17, 15) is 19.3 Å². The lowest BCUT2D eigenvalue weighted by atomic mass is 10.1. The third-order valence-corrected chi connectivity index (χ3v) is 3.32. The molecule has 0 N–H and O–H groups in total. The molecule has 0 aliphatic carbocycles. The molecule has 1 saturated heterocycles. The maximum Gasteiger partial charge on any atom is 0.412 e. The summed E-state index contributed by atoms with van der Waals surface area (Å²) < 4.78 is 24.8. The van der Waals surface area contributed by atoms with Crippen LogP contribution in [0, 0.1) is 10.1 Å². The molecule has 1 rings (SSSR count). The van der Waals surface area contributed by atoms with Crippen molar-refractivity contribution in [1.29, 1.82) is 0 Å². The van der Waals surface area contributed by atoms with Crippen LogP contribution in [-0.4, -0.2) is 52.6 Å². The lowest BCUT2D eigenvalue weighted by Gasteiger charge is -2.35. The Balaban J connectivity index is 2.72. The van der Waals surface area contributed by atoms with Gasteiger partial charge in [-0.15, -0.1) is 0 Å². The summed E-state index contributed by atoms with van der Waals surface area (Å²) in [7, 11) is 0. The topological polar surface area (TPSA) is 81.9 Å². The molecule has 7 nitrogen and oxygen atoms in total. The molecule has 0 saturated carbocycles. The number of hydrogen-bond acceptors (Lipinski definition) is 5. The number of rotatable bonds is 5. The number of alkyl halides is 1. The quantitative estimate of drug-likeness (QED) is 0.574. The third-order valence-electron chi connectivity index (χ3n) is 3.32. The lowest BCUT2D eigenvalue weighted by Crippen LogP contribution is -2.50. The first-order chi connectivity index (χ1) is 9.92. The van der Waals surface area contributed by atoms with Crippen LogP contribution in [0.2, 0.25) is 0 Å². The summed E-state index contributed by atoms with van der Waals surface area (Å²) in [6, 6.07) is -0.494. The zero-order chi connectivity index (χ0) is 17.1. The SMILES string of the molecule is CC(C)(C)OC(=O)N1[C@@H](C[C@H](F)CC[N+](=O)[O-])COC1(C)C. The van der Waals surface area contributed by atoms with Gasteiger partial charge in [-0.25, -0.2) is 9.18 Å². The van der Waals surface area contributed by atoms with Crippen LogP contribution in [0.5, 0.6) is 0 Å². The van der Waals surface area contributed by atoms with E-state index in [-0.39, 0.29) is 19.4 Å². The van der Waals surface area contributed by atoms with Gasteiger partial charge in [0.05, 0.1) is 12.6 Å². The van der Waals surface area contributed by atoms with Crippen LogP contribution in [0.3, 0.4) is 0 Å². The molecule has 1 aliphatic rings. The number of hydrogen-bond donors (Lipinski definition) is 0. The molecular weight excluding hydrogens is 295 g/mol. The van der Waals surface area contributed by atoms with Crippen LogP contribution in [0.15, 0.2) is 0 Å². The smallest absolute Gasteiger partial charge is 0.412 e. The first kappa shape index (κ1) is 18.6. The van der Waals surface area contributed by atoms with Crippen molar-refractivity contribution in [2.24, 2.45) is 0 Å². The molecule has 1 fully saturated rings. The van der Waals surface area contributed by atoms with E-state index < -0.39 is 41.1 Å². The van der Waals surface area contributed by atoms with Crippen LogP contribution in [0.4, 0.5) is 9.18 Å². The highest BCUT2D eigenvalue weighted by Gasteiger charge is 2.46. The molecule has 1 amide bonds. The Kier molecular flexibility index (Phi) is 5.72. The van der Waals surface area contributed by atoms with Crippen molar-refractivity contribution in [3.63, 3.8) is 0 Å². The molecule has 22 heavy (non-hydrogen) atoms. The number of halogens is 1. The summed E-state index contributed by atoms with van der Waals surface area (Å²) >= 11 is 0. The number of carbonyl (C=O) groups excluding carboxylic acids is 1. The normalized spacial score (nSPS) is 22.5. The van der Waals surface area contributed by atoms with Gasteiger partial charge < -0.3 is 9.47 Å². The molecule has 0 aromatic carbocycles.